The van der Waals surface area contributed by atoms with Gasteiger partial charge in [-0.3, -0.25) is 4.79 Å². The standard InChI is InChI=1S/C25H20FN3OS2/c1-16-6-11-20-22(12-16)32-25(27-20)28-24(30)15-31-23-14-29(21-5-3-2-4-19(21)23)13-17-7-9-18(26)10-8-17/h2-12,14H,13,15H2,1H3,(H,27,28,30). The van der Waals surface area contributed by atoms with Crippen LogP contribution in [0.5, 0.6) is 0 Å². The number of amides is 1. The Morgan fingerprint density at radius 3 is 2.78 bits per heavy atom. The third-order valence-corrected chi connectivity index (χ3v) is 7.14. The number of hydrogen-bond acceptors (Lipinski definition) is 4. The molecule has 2 heterocycles. The molecule has 0 atom stereocenters. The number of fused-ring (bicyclic) bond motifs is 2. The van der Waals surface area contributed by atoms with Gasteiger partial charge in [0.05, 0.1) is 16.0 Å². The predicted molar refractivity (Wildman–Crippen MR) is 131 cm³/mol. The summed E-state index contributed by atoms with van der Waals surface area (Å²) in [5, 5.41) is 4.65. The number of thioether (sulfide) groups is 1. The number of carbonyl (C=O) groups excluding carboxylic acids is 1. The van der Waals surface area contributed by atoms with Crippen molar-refractivity contribution >= 4 is 55.3 Å². The summed E-state index contributed by atoms with van der Waals surface area (Å²) in [6, 6.07) is 20.7. The molecule has 0 spiro atoms. The van der Waals surface area contributed by atoms with Gasteiger partial charge >= 0.3 is 0 Å². The van der Waals surface area contributed by atoms with Gasteiger partial charge < -0.3 is 9.88 Å². The van der Waals surface area contributed by atoms with E-state index in [1.54, 1.807) is 12.1 Å². The lowest BCUT2D eigenvalue weighted by molar-refractivity contribution is -0.113. The van der Waals surface area contributed by atoms with E-state index in [0.29, 0.717) is 17.4 Å². The van der Waals surface area contributed by atoms with Crippen LogP contribution in [0.1, 0.15) is 11.1 Å². The molecule has 5 rings (SSSR count). The minimum Gasteiger partial charge on any atom is -0.342 e. The van der Waals surface area contributed by atoms with E-state index in [1.807, 2.05) is 31.2 Å². The molecule has 0 saturated heterocycles. The van der Waals surface area contributed by atoms with Crippen LogP contribution in [-0.2, 0) is 11.3 Å². The molecule has 1 amide bonds. The molecule has 32 heavy (non-hydrogen) atoms. The molecule has 0 aliphatic carbocycles. The summed E-state index contributed by atoms with van der Waals surface area (Å²) >= 11 is 2.99. The molecule has 0 unspecified atom stereocenters. The summed E-state index contributed by atoms with van der Waals surface area (Å²) in [6.45, 7) is 2.68. The Hall–Kier alpha value is -3.16. The van der Waals surface area contributed by atoms with E-state index in [2.05, 4.69) is 39.3 Å². The molecule has 5 aromatic rings. The van der Waals surface area contributed by atoms with Gasteiger partial charge in [-0.25, -0.2) is 9.37 Å². The fourth-order valence-corrected chi connectivity index (χ4v) is 5.50. The average molecular weight is 462 g/mol. The van der Waals surface area contributed by atoms with Crippen molar-refractivity contribution in [3.05, 3.63) is 89.9 Å². The Morgan fingerprint density at radius 1 is 1.12 bits per heavy atom. The number of hydrogen-bond donors (Lipinski definition) is 1. The lowest BCUT2D eigenvalue weighted by Gasteiger charge is -2.05. The van der Waals surface area contributed by atoms with E-state index in [9.17, 15) is 9.18 Å². The van der Waals surface area contributed by atoms with Gasteiger partial charge in [0, 0.05) is 28.5 Å². The highest BCUT2D eigenvalue weighted by molar-refractivity contribution is 8.00. The summed E-state index contributed by atoms with van der Waals surface area (Å²) < 4.78 is 16.4. The molecule has 0 fully saturated rings. The average Bonchev–Trinajstić information content (AvgIpc) is 3.34. The summed E-state index contributed by atoms with van der Waals surface area (Å²) in [6.07, 6.45) is 2.06. The van der Waals surface area contributed by atoms with E-state index in [-0.39, 0.29) is 11.7 Å². The molecule has 160 valence electrons. The second kappa shape index (κ2) is 8.76. The summed E-state index contributed by atoms with van der Waals surface area (Å²) in [7, 11) is 0. The van der Waals surface area contributed by atoms with Crippen molar-refractivity contribution in [2.24, 2.45) is 0 Å². The van der Waals surface area contributed by atoms with E-state index in [4.69, 9.17) is 0 Å². The smallest absolute Gasteiger partial charge is 0.236 e. The van der Waals surface area contributed by atoms with Crippen molar-refractivity contribution in [1.82, 2.24) is 9.55 Å². The Bertz CT molecular complexity index is 1420. The lowest BCUT2D eigenvalue weighted by Crippen LogP contribution is -2.13. The third-order valence-electron chi connectivity index (χ3n) is 5.17. The molecular formula is C25H20FN3OS2. The predicted octanol–water partition coefficient (Wildman–Crippen LogP) is 6.48. The topological polar surface area (TPSA) is 46.9 Å². The first kappa shape index (κ1) is 20.7. The monoisotopic (exact) mass is 461 g/mol. The molecule has 0 saturated carbocycles. The fraction of sp³-hybridized carbons (Fsp3) is 0.120. The second-order valence-electron chi connectivity index (χ2n) is 7.59. The number of rotatable bonds is 6. The number of nitrogens with zero attached hydrogens (tertiary/aromatic N) is 2. The molecule has 2 aromatic heterocycles. The van der Waals surface area contributed by atoms with Crippen LogP contribution in [0.4, 0.5) is 9.52 Å². The molecule has 0 radical (unpaired) electrons. The van der Waals surface area contributed by atoms with Crippen molar-refractivity contribution in [3.8, 4) is 0 Å². The van der Waals surface area contributed by atoms with Gasteiger partial charge in [0.2, 0.25) is 5.91 Å². The Morgan fingerprint density at radius 2 is 1.94 bits per heavy atom. The molecule has 3 aromatic carbocycles. The number of halogens is 1. The summed E-state index contributed by atoms with van der Waals surface area (Å²) in [5.41, 5.74) is 4.17. The maximum atomic E-state index is 13.2. The fourth-order valence-electron chi connectivity index (χ4n) is 3.63. The zero-order valence-corrected chi connectivity index (χ0v) is 19.0. The van der Waals surface area contributed by atoms with Crippen molar-refractivity contribution in [3.63, 3.8) is 0 Å². The molecule has 1 N–H and O–H groups in total. The Labute approximate surface area is 193 Å². The first-order valence-electron chi connectivity index (χ1n) is 10.2. The zero-order chi connectivity index (χ0) is 22.1. The quantitative estimate of drug-likeness (QED) is 0.295. The van der Waals surface area contributed by atoms with Gasteiger partial charge in [-0.1, -0.05) is 47.7 Å². The largest absolute Gasteiger partial charge is 0.342 e. The van der Waals surface area contributed by atoms with Gasteiger partial charge in [-0.15, -0.1) is 11.8 Å². The lowest BCUT2D eigenvalue weighted by atomic mass is 10.2. The van der Waals surface area contributed by atoms with Crippen LogP contribution in [0.2, 0.25) is 0 Å². The van der Waals surface area contributed by atoms with Gasteiger partial charge in [-0.2, -0.15) is 0 Å². The van der Waals surface area contributed by atoms with Crippen LogP contribution in [0.3, 0.4) is 0 Å². The summed E-state index contributed by atoms with van der Waals surface area (Å²) in [4.78, 5) is 18.1. The zero-order valence-electron chi connectivity index (χ0n) is 17.3. The van der Waals surface area contributed by atoms with Crippen molar-refractivity contribution in [1.29, 1.82) is 0 Å². The molecule has 0 bridgehead atoms. The number of benzene rings is 3. The van der Waals surface area contributed by atoms with Crippen LogP contribution < -0.4 is 5.32 Å². The molecular weight excluding hydrogens is 441 g/mol. The van der Waals surface area contributed by atoms with Gasteiger partial charge in [0.15, 0.2) is 5.13 Å². The van der Waals surface area contributed by atoms with E-state index in [0.717, 1.165) is 31.6 Å². The van der Waals surface area contributed by atoms with Crippen LogP contribution in [0.15, 0.2) is 77.8 Å². The maximum Gasteiger partial charge on any atom is 0.236 e. The number of aryl methyl sites for hydroxylation is 1. The van der Waals surface area contributed by atoms with Crippen molar-refractivity contribution < 1.29 is 9.18 Å². The highest BCUT2D eigenvalue weighted by Gasteiger charge is 2.13. The molecule has 0 aliphatic rings. The minimum atomic E-state index is -0.239. The van der Waals surface area contributed by atoms with Gasteiger partial charge in [-0.05, 0) is 48.4 Å². The first-order valence-corrected chi connectivity index (χ1v) is 12.0. The van der Waals surface area contributed by atoms with Crippen LogP contribution in [0.25, 0.3) is 21.1 Å². The van der Waals surface area contributed by atoms with Crippen molar-refractivity contribution in [2.45, 2.75) is 18.4 Å². The van der Waals surface area contributed by atoms with Gasteiger partial charge in [0.1, 0.15) is 5.82 Å². The van der Waals surface area contributed by atoms with Gasteiger partial charge in [0.25, 0.3) is 0 Å². The maximum absolute atomic E-state index is 13.2. The van der Waals surface area contributed by atoms with E-state index < -0.39 is 0 Å². The third kappa shape index (κ3) is 4.40. The summed E-state index contributed by atoms with van der Waals surface area (Å²) in [5.74, 6) is -0.0303. The highest BCUT2D eigenvalue weighted by atomic mass is 32.2. The second-order valence-corrected chi connectivity index (χ2v) is 9.64. The van der Waals surface area contributed by atoms with Crippen LogP contribution in [0, 0.1) is 12.7 Å². The normalized spacial score (nSPS) is 11.3. The molecule has 4 nitrogen and oxygen atoms in total. The number of para-hydroxylation sites is 1. The number of aromatic nitrogens is 2. The number of thiazole rings is 1. The highest BCUT2D eigenvalue weighted by Crippen LogP contribution is 2.31. The molecule has 0 aliphatic heterocycles. The van der Waals surface area contributed by atoms with Crippen LogP contribution >= 0.6 is 23.1 Å². The SMILES string of the molecule is Cc1ccc2nc(NC(=O)CSc3cn(Cc4ccc(F)cc4)c4ccccc34)sc2c1. The number of anilines is 1. The minimum absolute atomic E-state index is 0.0823. The van der Waals surface area contributed by atoms with E-state index in [1.165, 1.54) is 40.8 Å². The first-order chi connectivity index (χ1) is 15.5. The number of carbonyl (C=O) groups is 1. The number of nitrogens with one attached hydrogen (secondary N) is 1. The van der Waals surface area contributed by atoms with E-state index >= 15 is 0 Å². The van der Waals surface area contributed by atoms with Crippen LogP contribution in [-0.4, -0.2) is 21.2 Å². The Balaban J connectivity index is 1.31. The van der Waals surface area contributed by atoms with Crippen molar-refractivity contribution in [2.75, 3.05) is 11.1 Å². The molecule has 7 heteroatoms. The Kier molecular flexibility index (Phi) is 5.68.